The molecule has 1 aromatic heterocycles. The number of ether oxygens (including phenoxy) is 1. The van der Waals surface area contributed by atoms with Crippen molar-refractivity contribution in [1.29, 1.82) is 0 Å². The summed E-state index contributed by atoms with van der Waals surface area (Å²) < 4.78 is 7.28. The second kappa shape index (κ2) is 7.03. The Bertz CT molecular complexity index is 864. The van der Waals surface area contributed by atoms with Crippen LogP contribution in [0.2, 0.25) is 0 Å². The first-order chi connectivity index (χ1) is 12.4. The summed E-state index contributed by atoms with van der Waals surface area (Å²) >= 11 is 0. The molecule has 0 atom stereocenters. The number of carbonyl (C=O) groups excluding carboxylic acids is 3. The zero-order chi connectivity index (χ0) is 18.8. The number of amides is 2. The molecule has 3 rings (SSSR count). The molecule has 1 saturated carbocycles. The van der Waals surface area contributed by atoms with Crippen molar-refractivity contribution in [2.75, 3.05) is 11.9 Å². The smallest absolute Gasteiger partial charge is 0.340 e. The fourth-order valence-corrected chi connectivity index (χ4v) is 3.00. The van der Waals surface area contributed by atoms with Crippen LogP contribution in [0.3, 0.4) is 0 Å². The van der Waals surface area contributed by atoms with Gasteiger partial charge in [0.1, 0.15) is 0 Å². The maximum atomic E-state index is 12.3. The van der Waals surface area contributed by atoms with E-state index in [1.807, 2.05) is 13.8 Å². The van der Waals surface area contributed by atoms with Crippen molar-refractivity contribution >= 4 is 23.5 Å². The number of aromatic nitrogens is 1. The second-order valence-corrected chi connectivity index (χ2v) is 6.45. The summed E-state index contributed by atoms with van der Waals surface area (Å²) in [5.74, 6) is -1.51. The number of aryl methyl sites for hydroxylation is 1. The van der Waals surface area contributed by atoms with Crippen molar-refractivity contribution in [2.24, 2.45) is 5.73 Å². The Kier molecular flexibility index (Phi) is 4.79. The minimum Gasteiger partial charge on any atom is -0.452 e. The Hall–Kier alpha value is -3.09. The van der Waals surface area contributed by atoms with E-state index in [4.69, 9.17) is 10.5 Å². The molecule has 0 unspecified atom stereocenters. The van der Waals surface area contributed by atoms with Gasteiger partial charge in [-0.15, -0.1) is 0 Å². The first-order valence-corrected chi connectivity index (χ1v) is 8.42. The van der Waals surface area contributed by atoms with Crippen LogP contribution in [0.25, 0.3) is 0 Å². The Morgan fingerprint density at radius 3 is 2.42 bits per heavy atom. The third-order valence-electron chi connectivity index (χ3n) is 4.40. The maximum Gasteiger partial charge on any atom is 0.340 e. The van der Waals surface area contributed by atoms with Crippen molar-refractivity contribution < 1.29 is 19.1 Å². The second-order valence-electron chi connectivity index (χ2n) is 6.45. The fraction of sp³-hybridized carbons (Fsp3) is 0.316. The van der Waals surface area contributed by atoms with Crippen LogP contribution in [0.1, 0.15) is 51.0 Å². The summed E-state index contributed by atoms with van der Waals surface area (Å²) in [5, 5.41) is 2.60. The molecule has 2 amide bonds. The molecule has 3 N–H and O–H groups in total. The average Bonchev–Trinajstić information content (AvgIpc) is 3.38. The van der Waals surface area contributed by atoms with Crippen LogP contribution in [0.4, 0.5) is 5.69 Å². The lowest BCUT2D eigenvalue weighted by molar-refractivity contribution is -0.119. The van der Waals surface area contributed by atoms with Gasteiger partial charge in [-0.3, -0.25) is 9.59 Å². The van der Waals surface area contributed by atoms with Crippen molar-refractivity contribution in [1.82, 2.24) is 4.57 Å². The standard InChI is InChI=1S/C19H21N3O4/c1-11-9-16(12(2)22(11)15-7-8-15)19(25)26-10-17(23)21-14-5-3-13(4-6-14)18(20)24/h3-6,9,15H,7-8,10H2,1-2H3,(H2,20,24)(H,21,23). The molecular weight excluding hydrogens is 334 g/mol. The van der Waals surface area contributed by atoms with Crippen molar-refractivity contribution in [3.63, 3.8) is 0 Å². The number of rotatable bonds is 6. The molecule has 0 bridgehead atoms. The number of carbonyl (C=O) groups is 3. The summed E-state index contributed by atoms with van der Waals surface area (Å²) in [6.45, 7) is 3.47. The molecule has 0 radical (unpaired) electrons. The van der Waals surface area contributed by atoms with E-state index in [1.54, 1.807) is 18.2 Å². The van der Waals surface area contributed by atoms with Crippen LogP contribution in [0, 0.1) is 13.8 Å². The van der Waals surface area contributed by atoms with E-state index in [-0.39, 0.29) is 6.61 Å². The summed E-state index contributed by atoms with van der Waals surface area (Å²) in [6.07, 6.45) is 2.25. The van der Waals surface area contributed by atoms with Gasteiger partial charge in [0.15, 0.2) is 6.61 Å². The maximum absolute atomic E-state index is 12.3. The highest BCUT2D eigenvalue weighted by atomic mass is 16.5. The Balaban J connectivity index is 1.56. The van der Waals surface area contributed by atoms with Crippen molar-refractivity contribution in [2.45, 2.75) is 32.7 Å². The highest BCUT2D eigenvalue weighted by Crippen LogP contribution is 2.38. The molecule has 0 spiro atoms. The molecule has 0 aliphatic heterocycles. The van der Waals surface area contributed by atoms with E-state index < -0.39 is 17.8 Å². The number of esters is 1. The van der Waals surface area contributed by atoms with Gasteiger partial charge in [-0.2, -0.15) is 0 Å². The lowest BCUT2D eigenvalue weighted by Crippen LogP contribution is -2.21. The summed E-state index contributed by atoms with van der Waals surface area (Å²) in [7, 11) is 0. The molecule has 1 fully saturated rings. The topological polar surface area (TPSA) is 103 Å². The highest BCUT2D eigenvalue weighted by molar-refractivity contribution is 5.97. The summed E-state index contributed by atoms with van der Waals surface area (Å²) in [5.41, 5.74) is 8.39. The van der Waals surface area contributed by atoms with E-state index in [0.717, 1.165) is 24.2 Å². The first kappa shape index (κ1) is 17.7. The van der Waals surface area contributed by atoms with Crippen LogP contribution >= 0.6 is 0 Å². The number of hydrogen-bond acceptors (Lipinski definition) is 4. The van der Waals surface area contributed by atoms with Gasteiger partial charge in [0.2, 0.25) is 5.91 Å². The van der Waals surface area contributed by atoms with Crippen LogP contribution < -0.4 is 11.1 Å². The first-order valence-electron chi connectivity index (χ1n) is 8.42. The van der Waals surface area contributed by atoms with Crippen molar-refractivity contribution in [3.8, 4) is 0 Å². The van der Waals surface area contributed by atoms with Gasteiger partial charge in [-0.1, -0.05) is 0 Å². The Morgan fingerprint density at radius 2 is 1.85 bits per heavy atom. The number of primary amides is 1. The van der Waals surface area contributed by atoms with E-state index in [0.29, 0.717) is 22.9 Å². The van der Waals surface area contributed by atoms with Gasteiger partial charge in [-0.25, -0.2) is 4.79 Å². The summed E-state index contributed by atoms with van der Waals surface area (Å²) in [6, 6.07) is 8.42. The number of nitrogens with one attached hydrogen (secondary N) is 1. The number of anilines is 1. The number of nitrogens with two attached hydrogens (primary N) is 1. The fourth-order valence-electron chi connectivity index (χ4n) is 3.00. The minimum absolute atomic E-state index is 0.348. The van der Waals surface area contributed by atoms with Gasteiger partial charge >= 0.3 is 5.97 Å². The highest BCUT2D eigenvalue weighted by Gasteiger charge is 2.28. The third-order valence-corrected chi connectivity index (χ3v) is 4.40. The number of benzene rings is 1. The van der Waals surface area contributed by atoms with E-state index in [9.17, 15) is 14.4 Å². The van der Waals surface area contributed by atoms with Crippen LogP contribution in [0.5, 0.6) is 0 Å². The molecule has 0 saturated heterocycles. The average molecular weight is 355 g/mol. The largest absolute Gasteiger partial charge is 0.452 e. The van der Waals surface area contributed by atoms with E-state index in [2.05, 4.69) is 9.88 Å². The monoisotopic (exact) mass is 355 g/mol. The third kappa shape index (κ3) is 3.77. The molecule has 7 heteroatoms. The molecule has 2 aromatic rings. The van der Waals surface area contributed by atoms with Crippen molar-refractivity contribution in [3.05, 3.63) is 52.8 Å². The van der Waals surface area contributed by atoms with Gasteiger partial charge in [0.05, 0.1) is 5.56 Å². The lowest BCUT2D eigenvalue weighted by atomic mass is 10.2. The summed E-state index contributed by atoms with van der Waals surface area (Å²) in [4.78, 5) is 35.3. The normalized spacial score (nSPS) is 13.3. The van der Waals surface area contributed by atoms with Gasteiger partial charge in [-0.05, 0) is 57.0 Å². The molecule has 1 aliphatic carbocycles. The van der Waals surface area contributed by atoms with Crippen LogP contribution in [-0.2, 0) is 9.53 Å². The zero-order valence-corrected chi connectivity index (χ0v) is 14.7. The van der Waals surface area contributed by atoms with Gasteiger partial charge in [0, 0.05) is 28.7 Å². The minimum atomic E-state index is -0.541. The number of hydrogen-bond donors (Lipinski definition) is 2. The predicted octanol–water partition coefficient (Wildman–Crippen LogP) is 2.33. The van der Waals surface area contributed by atoms with Crippen LogP contribution in [-0.4, -0.2) is 29.0 Å². The number of nitrogens with zero attached hydrogens (tertiary/aromatic N) is 1. The molecule has 7 nitrogen and oxygen atoms in total. The molecular formula is C19H21N3O4. The van der Waals surface area contributed by atoms with E-state index in [1.165, 1.54) is 12.1 Å². The Labute approximate surface area is 151 Å². The Morgan fingerprint density at radius 1 is 1.19 bits per heavy atom. The predicted molar refractivity (Wildman–Crippen MR) is 96.0 cm³/mol. The SMILES string of the molecule is Cc1cc(C(=O)OCC(=O)Nc2ccc(C(N)=O)cc2)c(C)n1C1CC1. The zero-order valence-electron chi connectivity index (χ0n) is 14.7. The molecule has 1 aliphatic rings. The lowest BCUT2D eigenvalue weighted by Gasteiger charge is -2.08. The van der Waals surface area contributed by atoms with E-state index >= 15 is 0 Å². The molecule has 136 valence electrons. The van der Waals surface area contributed by atoms with Gasteiger partial charge < -0.3 is 20.4 Å². The quantitative estimate of drug-likeness (QED) is 0.776. The molecule has 1 heterocycles. The van der Waals surface area contributed by atoms with Gasteiger partial charge in [0.25, 0.3) is 5.91 Å². The molecule has 26 heavy (non-hydrogen) atoms. The molecule has 1 aromatic carbocycles. The van der Waals surface area contributed by atoms with Crippen LogP contribution in [0.15, 0.2) is 30.3 Å².